The Hall–Kier alpha value is -3.49. The summed E-state index contributed by atoms with van der Waals surface area (Å²) in [4.78, 5) is 27.3. The van der Waals surface area contributed by atoms with Crippen LogP contribution in [-0.2, 0) is 11.2 Å². The summed E-state index contributed by atoms with van der Waals surface area (Å²) in [5, 5.41) is 11.4. The van der Waals surface area contributed by atoms with Crippen LogP contribution in [0.25, 0.3) is 11.1 Å². The van der Waals surface area contributed by atoms with E-state index in [9.17, 15) is 9.59 Å². The van der Waals surface area contributed by atoms with Gasteiger partial charge in [-0.05, 0) is 47.7 Å². The molecule has 0 saturated heterocycles. The number of aryl methyl sites for hydroxylation is 1. The Balaban J connectivity index is 1.17. The molecule has 0 spiro atoms. The zero-order chi connectivity index (χ0) is 23.3. The lowest BCUT2D eigenvalue weighted by atomic mass is 10.0. The highest BCUT2D eigenvalue weighted by atomic mass is 32.2. The summed E-state index contributed by atoms with van der Waals surface area (Å²) in [5.41, 5.74) is 4.91. The van der Waals surface area contributed by atoms with Gasteiger partial charge in [0, 0.05) is 17.8 Å². The Morgan fingerprint density at radius 2 is 1.65 bits per heavy atom. The van der Waals surface area contributed by atoms with Gasteiger partial charge in [0.15, 0.2) is 4.34 Å². The monoisotopic (exact) mass is 486 g/mol. The Kier molecular flexibility index (Phi) is 6.69. The first kappa shape index (κ1) is 22.3. The van der Waals surface area contributed by atoms with Crippen molar-refractivity contribution in [2.75, 3.05) is 22.5 Å². The van der Waals surface area contributed by atoms with Gasteiger partial charge in [-0.3, -0.25) is 14.9 Å². The molecule has 1 aliphatic rings. The fourth-order valence-corrected chi connectivity index (χ4v) is 5.55. The molecule has 0 atom stereocenters. The third-order valence-corrected chi connectivity index (χ3v) is 7.57. The molecular weight excluding hydrogens is 464 g/mol. The first-order valence-electron chi connectivity index (χ1n) is 11.0. The Morgan fingerprint density at radius 1 is 0.912 bits per heavy atom. The SMILES string of the molecule is O=C(Nc1nnc(SCC(=O)N2CCCc3ccccc32)s1)c1ccc(-c2ccccc2)cc1. The van der Waals surface area contributed by atoms with Gasteiger partial charge in [0.1, 0.15) is 0 Å². The molecule has 0 radical (unpaired) electrons. The number of carbonyl (C=O) groups excluding carboxylic acids is 2. The number of hydrogen-bond donors (Lipinski definition) is 1. The predicted octanol–water partition coefficient (Wildman–Crippen LogP) is 5.53. The van der Waals surface area contributed by atoms with E-state index in [2.05, 4.69) is 21.6 Å². The molecule has 0 unspecified atom stereocenters. The minimum Gasteiger partial charge on any atom is -0.311 e. The number of thioether (sulfide) groups is 1. The second-order valence-corrected chi connectivity index (χ2v) is 10.0. The largest absolute Gasteiger partial charge is 0.311 e. The number of rotatable bonds is 6. The lowest BCUT2D eigenvalue weighted by molar-refractivity contribution is -0.116. The van der Waals surface area contributed by atoms with Crippen LogP contribution in [0.15, 0.2) is 83.2 Å². The fourth-order valence-electron chi connectivity index (χ4n) is 3.93. The van der Waals surface area contributed by atoms with E-state index in [0.717, 1.165) is 36.2 Å². The van der Waals surface area contributed by atoms with Crippen molar-refractivity contribution in [3.05, 3.63) is 90.0 Å². The van der Waals surface area contributed by atoms with E-state index in [1.54, 1.807) is 12.1 Å². The van der Waals surface area contributed by atoms with Crippen LogP contribution in [-0.4, -0.2) is 34.3 Å². The smallest absolute Gasteiger partial charge is 0.257 e. The standard InChI is InChI=1S/C26H22N4O2S2/c31-23(30-16-6-10-20-9-4-5-11-22(20)30)17-33-26-29-28-25(34-26)27-24(32)21-14-12-19(13-15-21)18-7-2-1-3-8-18/h1-5,7-9,11-15H,6,10,16-17H2,(H,27,28,32). The summed E-state index contributed by atoms with van der Waals surface area (Å²) < 4.78 is 0.647. The molecule has 0 fully saturated rings. The van der Waals surface area contributed by atoms with E-state index in [1.807, 2.05) is 65.6 Å². The van der Waals surface area contributed by atoms with Crippen LogP contribution in [0.5, 0.6) is 0 Å². The van der Waals surface area contributed by atoms with Crippen LogP contribution < -0.4 is 10.2 Å². The topological polar surface area (TPSA) is 75.2 Å². The van der Waals surface area contributed by atoms with Gasteiger partial charge in [-0.15, -0.1) is 10.2 Å². The molecule has 1 aliphatic heterocycles. The average molecular weight is 487 g/mol. The van der Waals surface area contributed by atoms with Gasteiger partial charge in [-0.1, -0.05) is 83.8 Å². The first-order chi connectivity index (χ1) is 16.7. The summed E-state index contributed by atoms with van der Waals surface area (Å²) in [6.07, 6.45) is 1.97. The number of amides is 2. The van der Waals surface area contributed by atoms with Crippen molar-refractivity contribution < 1.29 is 9.59 Å². The van der Waals surface area contributed by atoms with Gasteiger partial charge < -0.3 is 4.90 Å². The molecule has 0 bridgehead atoms. The van der Waals surface area contributed by atoms with Crippen molar-refractivity contribution in [1.82, 2.24) is 10.2 Å². The molecule has 5 rings (SSSR count). The maximum absolute atomic E-state index is 12.8. The van der Waals surface area contributed by atoms with Crippen LogP contribution in [0.2, 0.25) is 0 Å². The average Bonchev–Trinajstić information content (AvgIpc) is 3.34. The Morgan fingerprint density at radius 3 is 2.47 bits per heavy atom. The number of para-hydroxylation sites is 1. The molecule has 34 heavy (non-hydrogen) atoms. The van der Waals surface area contributed by atoms with E-state index in [-0.39, 0.29) is 17.6 Å². The zero-order valence-corrected chi connectivity index (χ0v) is 19.9. The number of aromatic nitrogens is 2. The minimum absolute atomic E-state index is 0.0523. The van der Waals surface area contributed by atoms with E-state index in [4.69, 9.17) is 0 Å². The third kappa shape index (κ3) is 5.03. The van der Waals surface area contributed by atoms with Crippen molar-refractivity contribution in [3.63, 3.8) is 0 Å². The van der Waals surface area contributed by atoms with Crippen molar-refractivity contribution in [1.29, 1.82) is 0 Å². The number of nitrogens with zero attached hydrogens (tertiary/aromatic N) is 3. The molecule has 0 aliphatic carbocycles. The molecular formula is C26H22N4O2S2. The van der Waals surface area contributed by atoms with E-state index in [0.29, 0.717) is 15.0 Å². The summed E-state index contributed by atoms with van der Waals surface area (Å²) in [6.45, 7) is 0.733. The van der Waals surface area contributed by atoms with E-state index in [1.165, 1.54) is 28.7 Å². The Labute approximate surface area is 206 Å². The zero-order valence-electron chi connectivity index (χ0n) is 18.3. The van der Waals surface area contributed by atoms with Crippen LogP contribution in [0.4, 0.5) is 10.8 Å². The highest BCUT2D eigenvalue weighted by Crippen LogP contribution is 2.30. The maximum Gasteiger partial charge on any atom is 0.257 e. The highest BCUT2D eigenvalue weighted by molar-refractivity contribution is 8.01. The van der Waals surface area contributed by atoms with Crippen LogP contribution in [0.3, 0.4) is 0 Å². The first-order valence-corrected chi connectivity index (χ1v) is 12.8. The second-order valence-electron chi connectivity index (χ2n) is 7.84. The lowest BCUT2D eigenvalue weighted by Gasteiger charge is -2.29. The van der Waals surface area contributed by atoms with Crippen molar-refractivity contribution in [2.45, 2.75) is 17.2 Å². The predicted molar refractivity (Wildman–Crippen MR) is 138 cm³/mol. The second kappa shape index (κ2) is 10.2. The van der Waals surface area contributed by atoms with Gasteiger partial charge in [0.25, 0.3) is 5.91 Å². The number of benzene rings is 3. The molecule has 0 saturated carbocycles. The lowest BCUT2D eigenvalue weighted by Crippen LogP contribution is -2.36. The van der Waals surface area contributed by atoms with Crippen LogP contribution in [0.1, 0.15) is 22.3 Å². The van der Waals surface area contributed by atoms with Crippen molar-refractivity contribution in [2.24, 2.45) is 0 Å². The quantitative estimate of drug-likeness (QED) is 0.287. The van der Waals surface area contributed by atoms with Crippen molar-refractivity contribution >= 4 is 45.7 Å². The van der Waals surface area contributed by atoms with E-state index >= 15 is 0 Å². The minimum atomic E-state index is -0.242. The molecule has 170 valence electrons. The molecule has 8 heteroatoms. The van der Waals surface area contributed by atoms with Gasteiger partial charge in [-0.2, -0.15) is 0 Å². The molecule has 2 heterocycles. The van der Waals surface area contributed by atoms with Gasteiger partial charge in [0.05, 0.1) is 5.75 Å². The highest BCUT2D eigenvalue weighted by Gasteiger charge is 2.22. The normalized spacial score (nSPS) is 12.8. The van der Waals surface area contributed by atoms with Crippen molar-refractivity contribution in [3.8, 4) is 11.1 Å². The van der Waals surface area contributed by atoms with Gasteiger partial charge in [-0.25, -0.2) is 0 Å². The molecule has 1 N–H and O–H groups in total. The van der Waals surface area contributed by atoms with Gasteiger partial charge >= 0.3 is 0 Å². The molecule has 4 aromatic rings. The summed E-state index contributed by atoms with van der Waals surface area (Å²) in [5.74, 6) is 0.0856. The molecule has 6 nitrogen and oxygen atoms in total. The van der Waals surface area contributed by atoms with Crippen LogP contribution >= 0.6 is 23.1 Å². The molecule has 2 amide bonds. The van der Waals surface area contributed by atoms with Gasteiger partial charge in [0.2, 0.25) is 11.0 Å². The fraction of sp³-hybridized carbons (Fsp3) is 0.154. The third-order valence-electron chi connectivity index (χ3n) is 5.61. The number of nitrogens with one attached hydrogen (secondary N) is 1. The number of hydrogen-bond acceptors (Lipinski definition) is 6. The number of carbonyl (C=O) groups is 2. The van der Waals surface area contributed by atoms with E-state index < -0.39 is 0 Å². The van der Waals surface area contributed by atoms with Crippen LogP contribution in [0, 0.1) is 0 Å². The molecule has 3 aromatic carbocycles. The summed E-state index contributed by atoms with van der Waals surface area (Å²) in [6, 6.07) is 25.5. The number of anilines is 2. The summed E-state index contributed by atoms with van der Waals surface area (Å²) in [7, 11) is 0. The summed E-state index contributed by atoms with van der Waals surface area (Å²) >= 11 is 2.61. The molecule has 1 aromatic heterocycles. The Bertz CT molecular complexity index is 1310. The maximum atomic E-state index is 12.8. The number of fused-ring (bicyclic) bond motifs is 1.